The third-order valence-electron chi connectivity index (χ3n) is 1.93. The summed E-state index contributed by atoms with van der Waals surface area (Å²) >= 11 is 0. The van der Waals surface area contributed by atoms with E-state index in [1.165, 1.54) is 6.92 Å². The van der Waals surface area contributed by atoms with Crippen LogP contribution in [0.4, 0.5) is 0 Å². The number of ketones is 2. The van der Waals surface area contributed by atoms with Gasteiger partial charge in [-0.1, -0.05) is 29.8 Å². The number of benzene rings is 1. The van der Waals surface area contributed by atoms with Gasteiger partial charge in [-0.05, 0) is 19.4 Å². The lowest BCUT2D eigenvalue weighted by Gasteiger charge is -2.00. The molecular formula is C12H14O2. The van der Waals surface area contributed by atoms with E-state index in [2.05, 4.69) is 0 Å². The van der Waals surface area contributed by atoms with Gasteiger partial charge in [0.25, 0.3) is 0 Å². The molecule has 0 N–H and O–H groups in total. The summed E-state index contributed by atoms with van der Waals surface area (Å²) in [7, 11) is 0. The first-order chi connectivity index (χ1) is 6.58. The molecule has 0 aliphatic heterocycles. The molecule has 1 rings (SSSR count). The topological polar surface area (TPSA) is 34.1 Å². The zero-order valence-electron chi connectivity index (χ0n) is 8.54. The van der Waals surface area contributed by atoms with E-state index in [1.54, 1.807) is 0 Å². The highest BCUT2D eigenvalue weighted by atomic mass is 16.1. The van der Waals surface area contributed by atoms with E-state index in [0.29, 0.717) is 6.42 Å². The van der Waals surface area contributed by atoms with Crippen LogP contribution in [0.25, 0.3) is 0 Å². The minimum absolute atomic E-state index is 0.0110. The maximum atomic E-state index is 11.3. The fourth-order valence-electron chi connectivity index (χ4n) is 1.39. The molecule has 0 saturated heterocycles. The Morgan fingerprint density at radius 2 is 2.00 bits per heavy atom. The van der Waals surface area contributed by atoms with Gasteiger partial charge >= 0.3 is 0 Å². The minimum atomic E-state index is -0.0670. The van der Waals surface area contributed by atoms with E-state index in [-0.39, 0.29) is 18.0 Å². The molecule has 0 aliphatic rings. The van der Waals surface area contributed by atoms with Crippen molar-refractivity contribution in [2.24, 2.45) is 0 Å². The van der Waals surface area contributed by atoms with Crippen LogP contribution in [0.15, 0.2) is 24.3 Å². The molecule has 0 atom stereocenters. The SMILES string of the molecule is CC(=O)CC(=O)Cc1cccc(C)c1. The van der Waals surface area contributed by atoms with Gasteiger partial charge in [-0.2, -0.15) is 0 Å². The van der Waals surface area contributed by atoms with Crippen LogP contribution in [0, 0.1) is 6.92 Å². The van der Waals surface area contributed by atoms with E-state index in [9.17, 15) is 9.59 Å². The van der Waals surface area contributed by atoms with Gasteiger partial charge in [-0.25, -0.2) is 0 Å². The molecule has 0 saturated carbocycles. The molecule has 0 aromatic heterocycles. The molecular weight excluding hydrogens is 176 g/mol. The third-order valence-corrected chi connectivity index (χ3v) is 1.93. The van der Waals surface area contributed by atoms with Gasteiger partial charge in [0.2, 0.25) is 0 Å². The van der Waals surface area contributed by atoms with E-state index < -0.39 is 0 Å². The van der Waals surface area contributed by atoms with Gasteiger partial charge in [0.1, 0.15) is 11.6 Å². The summed E-state index contributed by atoms with van der Waals surface area (Å²) in [4.78, 5) is 22.0. The first-order valence-electron chi connectivity index (χ1n) is 4.64. The van der Waals surface area contributed by atoms with Crippen molar-refractivity contribution in [2.75, 3.05) is 0 Å². The first kappa shape index (κ1) is 10.6. The van der Waals surface area contributed by atoms with Gasteiger partial charge in [0.15, 0.2) is 0 Å². The third kappa shape index (κ3) is 3.52. The number of carbonyl (C=O) groups excluding carboxylic acids is 2. The highest BCUT2D eigenvalue weighted by molar-refractivity contribution is 5.98. The van der Waals surface area contributed by atoms with Crippen LogP contribution in [-0.2, 0) is 16.0 Å². The second-order valence-electron chi connectivity index (χ2n) is 3.58. The van der Waals surface area contributed by atoms with Crippen LogP contribution in [0.3, 0.4) is 0 Å². The summed E-state index contributed by atoms with van der Waals surface area (Å²) in [5, 5.41) is 0. The van der Waals surface area contributed by atoms with Crippen molar-refractivity contribution >= 4 is 11.6 Å². The zero-order valence-corrected chi connectivity index (χ0v) is 8.54. The van der Waals surface area contributed by atoms with Crippen molar-refractivity contribution in [1.29, 1.82) is 0 Å². The normalized spacial score (nSPS) is 9.86. The molecule has 1 aromatic carbocycles. The van der Waals surface area contributed by atoms with Crippen LogP contribution in [0.1, 0.15) is 24.5 Å². The number of Topliss-reactive ketones (excluding diaryl/α,β-unsaturated/α-hetero) is 2. The molecule has 0 heterocycles. The van der Waals surface area contributed by atoms with Gasteiger partial charge in [-0.15, -0.1) is 0 Å². The Morgan fingerprint density at radius 3 is 2.57 bits per heavy atom. The van der Waals surface area contributed by atoms with Gasteiger partial charge in [0.05, 0.1) is 6.42 Å². The lowest BCUT2D eigenvalue weighted by atomic mass is 10.0. The van der Waals surface area contributed by atoms with E-state index >= 15 is 0 Å². The molecule has 0 aliphatic carbocycles. The van der Waals surface area contributed by atoms with Crippen molar-refractivity contribution in [3.8, 4) is 0 Å². The number of aryl methyl sites for hydroxylation is 1. The summed E-state index contributed by atoms with van der Waals surface area (Å²) in [5.74, 6) is -0.0780. The van der Waals surface area contributed by atoms with Gasteiger partial charge < -0.3 is 0 Å². The molecule has 0 fully saturated rings. The summed E-state index contributed by atoms with van der Waals surface area (Å²) in [6.45, 7) is 3.42. The summed E-state index contributed by atoms with van der Waals surface area (Å²) in [5.41, 5.74) is 2.12. The van der Waals surface area contributed by atoms with Gasteiger partial charge in [-0.3, -0.25) is 9.59 Å². The largest absolute Gasteiger partial charge is 0.300 e. The Balaban J connectivity index is 2.60. The van der Waals surface area contributed by atoms with Crippen molar-refractivity contribution in [2.45, 2.75) is 26.7 Å². The van der Waals surface area contributed by atoms with Crippen LogP contribution in [-0.4, -0.2) is 11.6 Å². The molecule has 1 aromatic rings. The predicted octanol–water partition coefficient (Wildman–Crippen LogP) is 2.09. The Kier molecular flexibility index (Phi) is 3.57. The van der Waals surface area contributed by atoms with E-state index in [1.807, 2.05) is 31.2 Å². The van der Waals surface area contributed by atoms with E-state index in [0.717, 1.165) is 11.1 Å². The van der Waals surface area contributed by atoms with Gasteiger partial charge in [0, 0.05) is 6.42 Å². The standard InChI is InChI=1S/C12H14O2/c1-9-4-3-5-11(6-9)8-12(14)7-10(2)13/h3-6H,7-8H2,1-2H3. The monoisotopic (exact) mass is 190 g/mol. The highest BCUT2D eigenvalue weighted by Crippen LogP contribution is 2.06. The maximum Gasteiger partial charge on any atom is 0.144 e. The van der Waals surface area contributed by atoms with Crippen LogP contribution in [0.5, 0.6) is 0 Å². The number of hydrogen-bond donors (Lipinski definition) is 0. The van der Waals surface area contributed by atoms with Crippen molar-refractivity contribution < 1.29 is 9.59 Å². The number of rotatable bonds is 4. The average Bonchev–Trinajstić information content (AvgIpc) is 2.01. The predicted molar refractivity (Wildman–Crippen MR) is 55.2 cm³/mol. The Hall–Kier alpha value is -1.44. The maximum absolute atomic E-state index is 11.3. The Bertz CT molecular complexity index is 353. The van der Waals surface area contributed by atoms with E-state index in [4.69, 9.17) is 0 Å². The summed E-state index contributed by atoms with van der Waals surface area (Å²) < 4.78 is 0. The quantitative estimate of drug-likeness (QED) is 0.681. The molecule has 2 heteroatoms. The smallest absolute Gasteiger partial charge is 0.144 e. The fraction of sp³-hybridized carbons (Fsp3) is 0.333. The second-order valence-corrected chi connectivity index (χ2v) is 3.58. The zero-order chi connectivity index (χ0) is 10.6. The Morgan fingerprint density at radius 1 is 1.29 bits per heavy atom. The van der Waals surface area contributed by atoms with Crippen molar-refractivity contribution in [1.82, 2.24) is 0 Å². The average molecular weight is 190 g/mol. The van der Waals surface area contributed by atoms with Crippen LogP contribution in [0.2, 0.25) is 0 Å². The molecule has 74 valence electrons. The molecule has 0 radical (unpaired) electrons. The first-order valence-corrected chi connectivity index (χ1v) is 4.64. The minimum Gasteiger partial charge on any atom is -0.300 e. The highest BCUT2D eigenvalue weighted by Gasteiger charge is 2.06. The Labute approximate surface area is 83.9 Å². The molecule has 14 heavy (non-hydrogen) atoms. The molecule has 0 bridgehead atoms. The van der Waals surface area contributed by atoms with Crippen LogP contribution < -0.4 is 0 Å². The second kappa shape index (κ2) is 4.70. The van der Waals surface area contributed by atoms with Crippen molar-refractivity contribution in [3.05, 3.63) is 35.4 Å². The van der Waals surface area contributed by atoms with Crippen LogP contribution >= 0.6 is 0 Å². The van der Waals surface area contributed by atoms with Crippen molar-refractivity contribution in [3.63, 3.8) is 0 Å². The number of hydrogen-bond acceptors (Lipinski definition) is 2. The molecule has 2 nitrogen and oxygen atoms in total. The summed E-state index contributed by atoms with van der Waals surface area (Å²) in [6, 6.07) is 7.79. The lowest BCUT2D eigenvalue weighted by Crippen LogP contribution is -2.07. The summed E-state index contributed by atoms with van der Waals surface area (Å²) in [6.07, 6.45) is 0.412. The fourth-order valence-corrected chi connectivity index (χ4v) is 1.39. The molecule has 0 amide bonds. The lowest BCUT2D eigenvalue weighted by molar-refractivity contribution is -0.125. The molecule has 0 spiro atoms. The molecule has 0 unspecified atom stereocenters. The number of carbonyl (C=O) groups is 2.